The zero-order valence-corrected chi connectivity index (χ0v) is 29.6. The lowest BCUT2D eigenvalue weighted by molar-refractivity contribution is 0.0674. The monoisotopic (exact) mass is 704 g/mol. The Morgan fingerprint density at radius 2 is 1.28 bits per heavy atom. The molecule has 1 aliphatic rings. The molecule has 266 valence electrons. The summed E-state index contributed by atoms with van der Waals surface area (Å²) < 4.78 is 7.26. The standard InChI is InChI=1S/C43H40N6O4/c1-3-37(50)39-40(41(51)52)49(38(44-39)29-53-4-2)28-30-24-26-31(27-25-30)35-22-14-15-23-36(35)43(45-47-48-46-43)42(32-16-8-5-9-17-32,33-18-10-6-11-19-33)34-20-12-7-13-21-34/h5-27,37,50H,3-4,28-29H2,1-2H3,(H,51,52). The number of rotatable bonds is 14. The quantitative estimate of drug-likeness (QED) is 0.109. The summed E-state index contributed by atoms with van der Waals surface area (Å²) >= 11 is 0. The molecule has 0 spiro atoms. The van der Waals surface area contributed by atoms with E-state index in [0.717, 1.165) is 38.9 Å². The molecule has 0 fully saturated rings. The summed E-state index contributed by atoms with van der Waals surface area (Å²) in [6.07, 6.45) is -0.672. The van der Waals surface area contributed by atoms with Crippen molar-refractivity contribution in [1.82, 2.24) is 9.55 Å². The zero-order chi connectivity index (χ0) is 36.8. The smallest absolute Gasteiger partial charge is 0.354 e. The molecule has 1 atom stereocenters. The average molecular weight is 705 g/mol. The lowest BCUT2D eigenvalue weighted by Gasteiger charge is -2.45. The van der Waals surface area contributed by atoms with Crippen LogP contribution in [0.25, 0.3) is 11.1 Å². The summed E-state index contributed by atoms with van der Waals surface area (Å²) in [5.74, 6) is -0.712. The van der Waals surface area contributed by atoms with Gasteiger partial charge in [0.1, 0.15) is 18.1 Å². The number of carboxylic acid groups (broad SMARTS) is 1. The highest BCUT2D eigenvalue weighted by atomic mass is 16.5. The van der Waals surface area contributed by atoms with E-state index in [9.17, 15) is 15.0 Å². The van der Waals surface area contributed by atoms with Gasteiger partial charge in [0, 0.05) is 18.7 Å². The second kappa shape index (κ2) is 15.2. The van der Waals surface area contributed by atoms with E-state index in [1.165, 1.54) is 0 Å². The van der Waals surface area contributed by atoms with Crippen molar-refractivity contribution in [1.29, 1.82) is 0 Å². The second-order valence-corrected chi connectivity index (χ2v) is 12.9. The van der Waals surface area contributed by atoms with E-state index < -0.39 is 23.2 Å². The highest BCUT2D eigenvalue weighted by Crippen LogP contribution is 2.58. The number of carboxylic acids is 1. The molecule has 0 saturated heterocycles. The van der Waals surface area contributed by atoms with Gasteiger partial charge in [0.2, 0.25) is 5.66 Å². The van der Waals surface area contributed by atoms with Crippen LogP contribution in [-0.4, -0.2) is 32.3 Å². The fourth-order valence-electron chi connectivity index (χ4n) is 7.47. The molecule has 10 heteroatoms. The first-order chi connectivity index (χ1) is 25.9. The molecule has 1 aliphatic heterocycles. The molecule has 0 aliphatic carbocycles. The van der Waals surface area contributed by atoms with E-state index in [-0.39, 0.29) is 24.5 Å². The number of ether oxygens (including phenoxy) is 1. The van der Waals surface area contributed by atoms with Gasteiger partial charge < -0.3 is 19.5 Å². The predicted octanol–water partition coefficient (Wildman–Crippen LogP) is 9.30. The third kappa shape index (κ3) is 6.26. The minimum absolute atomic E-state index is 0.0403. The second-order valence-electron chi connectivity index (χ2n) is 12.9. The SMILES string of the molecule is CCOCc1nc(C(O)CC)c(C(=O)O)n1Cc1ccc(-c2ccccc2C2(C(c3ccccc3)(c3ccccc3)c3ccccc3)N=NN=N2)cc1. The van der Waals surface area contributed by atoms with Gasteiger partial charge in [-0.25, -0.2) is 9.78 Å². The molecule has 0 bridgehead atoms. The normalized spacial score (nSPS) is 14.0. The van der Waals surface area contributed by atoms with Crippen LogP contribution in [0.15, 0.2) is 160 Å². The highest BCUT2D eigenvalue weighted by molar-refractivity contribution is 5.87. The van der Waals surface area contributed by atoms with Gasteiger partial charge in [-0.1, -0.05) is 146 Å². The summed E-state index contributed by atoms with van der Waals surface area (Å²) in [5, 5.41) is 39.3. The van der Waals surface area contributed by atoms with Crippen LogP contribution in [-0.2, 0) is 29.0 Å². The molecule has 0 saturated carbocycles. The van der Waals surface area contributed by atoms with Crippen LogP contribution in [0.1, 0.15) is 76.2 Å². The number of aliphatic hydroxyl groups is 1. The van der Waals surface area contributed by atoms with E-state index in [4.69, 9.17) is 15.0 Å². The van der Waals surface area contributed by atoms with E-state index >= 15 is 0 Å². The van der Waals surface area contributed by atoms with Crippen LogP contribution in [0.5, 0.6) is 0 Å². The molecule has 1 unspecified atom stereocenters. The molecule has 53 heavy (non-hydrogen) atoms. The Hall–Kier alpha value is -6.10. The molecule has 2 N–H and O–H groups in total. The van der Waals surface area contributed by atoms with Gasteiger partial charge in [0.25, 0.3) is 0 Å². The molecule has 1 aromatic heterocycles. The predicted molar refractivity (Wildman–Crippen MR) is 201 cm³/mol. The number of carbonyl (C=O) groups is 1. The fourth-order valence-corrected chi connectivity index (χ4v) is 7.47. The first-order valence-corrected chi connectivity index (χ1v) is 17.7. The van der Waals surface area contributed by atoms with Gasteiger partial charge in [-0.05, 0) is 57.2 Å². The van der Waals surface area contributed by atoms with Crippen LogP contribution in [0.2, 0.25) is 0 Å². The molecule has 7 rings (SSSR count). The van der Waals surface area contributed by atoms with Crippen molar-refractivity contribution < 1.29 is 19.7 Å². The maximum atomic E-state index is 12.5. The summed E-state index contributed by atoms with van der Waals surface area (Å²) in [5.41, 5.74) is 4.18. The number of hydrogen-bond donors (Lipinski definition) is 2. The van der Waals surface area contributed by atoms with Crippen molar-refractivity contribution in [3.05, 3.63) is 185 Å². The van der Waals surface area contributed by atoms with E-state index in [1.807, 2.05) is 104 Å². The Balaban J connectivity index is 1.38. The number of aromatic nitrogens is 2. The molecule has 0 amide bonds. The zero-order valence-electron chi connectivity index (χ0n) is 29.6. The van der Waals surface area contributed by atoms with Crippen LogP contribution < -0.4 is 0 Å². The number of aromatic carboxylic acids is 1. The largest absolute Gasteiger partial charge is 0.477 e. The Kier molecular flexibility index (Phi) is 10.2. The number of hydrogen-bond acceptors (Lipinski definition) is 8. The van der Waals surface area contributed by atoms with Crippen molar-refractivity contribution in [3.63, 3.8) is 0 Å². The van der Waals surface area contributed by atoms with Crippen LogP contribution in [0, 0.1) is 0 Å². The number of benzene rings is 5. The summed E-state index contributed by atoms with van der Waals surface area (Å²) in [6.45, 7) is 4.44. The minimum Gasteiger partial charge on any atom is -0.477 e. The van der Waals surface area contributed by atoms with E-state index in [0.29, 0.717) is 18.9 Å². The van der Waals surface area contributed by atoms with Crippen molar-refractivity contribution >= 4 is 5.97 Å². The third-order valence-electron chi connectivity index (χ3n) is 9.88. The summed E-state index contributed by atoms with van der Waals surface area (Å²) in [7, 11) is 0. The topological polar surface area (TPSA) is 134 Å². The lowest BCUT2D eigenvalue weighted by atomic mass is 9.59. The maximum Gasteiger partial charge on any atom is 0.354 e. The third-order valence-corrected chi connectivity index (χ3v) is 9.88. The molecular weight excluding hydrogens is 665 g/mol. The van der Waals surface area contributed by atoms with Crippen LogP contribution in [0.3, 0.4) is 0 Å². The van der Waals surface area contributed by atoms with Crippen molar-refractivity contribution in [3.8, 4) is 11.1 Å². The van der Waals surface area contributed by atoms with Gasteiger partial charge >= 0.3 is 5.97 Å². The maximum absolute atomic E-state index is 12.5. The summed E-state index contributed by atoms with van der Waals surface area (Å²) in [4.78, 5) is 17.0. The van der Waals surface area contributed by atoms with Crippen LogP contribution >= 0.6 is 0 Å². The number of nitrogens with zero attached hydrogens (tertiary/aromatic N) is 6. The Bertz CT molecular complexity index is 2130. The van der Waals surface area contributed by atoms with Crippen LogP contribution in [0.4, 0.5) is 0 Å². The van der Waals surface area contributed by atoms with E-state index in [1.54, 1.807) is 11.5 Å². The van der Waals surface area contributed by atoms with E-state index in [2.05, 4.69) is 57.9 Å². The average Bonchev–Trinajstić information content (AvgIpc) is 3.85. The number of imidazole rings is 1. The highest BCUT2D eigenvalue weighted by Gasteiger charge is 2.60. The number of aliphatic hydroxyl groups excluding tert-OH is 1. The van der Waals surface area contributed by atoms with Gasteiger partial charge in [-0.15, -0.1) is 10.2 Å². The first kappa shape index (κ1) is 35.3. The van der Waals surface area contributed by atoms with Gasteiger partial charge in [0.05, 0.1) is 11.5 Å². The molecular formula is C43H40N6O4. The van der Waals surface area contributed by atoms with Gasteiger partial charge in [-0.3, -0.25) is 0 Å². The van der Waals surface area contributed by atoms with Crippen molar-refractivity contribution in [2.75, 3.05) is 6.61 Å². The minimum atomic E-state index is -1.34. The molecule has 2 heterocycles. The Labute approximate surface area is 308 Å². The Morgan fingerprint density at radius 1 is 0.755 bits per heavy atom. The fraction of sp³-hybridized carbons (Fsp3) is 0.209. The van der Waals surface area contributed by atoms with Gasteiger partial charge in [0.15, 0.2) is 5.69 Å². The molecule has 6 aromatic rings. The lowest BCUT2D eigenvalue weighted by Crippen LogP contribution is -2.48. The molecule has 0 radical (unpaired) electrons. The molecule has 10 nitrogen and oxygen atoms in total. The van der Waals surface area contributed by atoms with Gasteiger partial charge in [-0.2, -0.15) is 0 Å². The summed E-state index contributed by atoms with van der Waals surface area (Å²) in [6, 6.07) is 46.8. The first-order valence-electron chi connectivity index (χ1n) is 17.7. The molecule has 5 aromatic carbocycles. The van der Waals surface area contributed by atoms with Crippen molar-refractivity contribution in [2.24, 2.45) is 20.7 Å². The Morgan fingerprint density at radius 3 is 1.79 bits per heavy atom. The van der Waals surface area contributed by atoms with Crippen molar-refractivity contribution in [2.45, 2.75) is 50.6 Å².